The third kappa shape index (κ3) is 3.89. The highest BCUT2D eigenvalue weighted by Gasteiger charge is 2.09. The summed E-state index contributed by atoms with van der Waals surface area (Å²) in [5.41, 5.74) is 8.13. The minimum absolute atomic E-state index is 0.221. The average molecular weight is 286 g/mol. The van der Waals surface area contributed by atoms with Crippen LogP contribution in [0.25, 0.3) is 0 Å². The first-order valence-corrected chi connectivity index (χ1v) is 6.60. The normalized spacial score (nSPS) is 10.1. The van der Waals surface area contributed by atoms with Gasteiger partial charge in [-0.05, 0) is 42.3 Å². The molecule has 0 bridgehead atoms. The van der Waals surface area contributed by atoms with E-state index in [1.807, 2.05) is 24.3 Å². The van der Waals surface area contributed by atoms with Crippen molar-refractivity contribution in [2.24, 2.45) is 0 Å². The fraction of sp³-hybridized carbons (Fsp3) is 0.188. The SMILES string of the molecule is COc1ccc(CCNc2cc(N)ccc2C(=O)O)cc1. The molecule has 2 aromatic carbocycles. The molecule has 4 N–H and O–H groups in total. The molecule has 0 saturated heterocycles. The first-order valence-electron chi connectivity index (χ1n) is 6.60. The third-order valence-electron chi connectivity index (χ3n) is 3.16. The number of nitrogen functional groups attached to an aromatic ring is 1. The molecule has 0 amide bonds. The van der Waals surface area contributed by atoms with Crippen LogP contribution in [0.3, 0.4) is 0 Å². The number of rotatable bonds is 6. The lowest BCUT2D eigenvalue weighted by Gasteiger charge is -2.10. The maximum Gasteiger partial charge on any atom is 0.337 e. The Kier molecular flexibility index (Phi) is 4.66. The van der Waals surface area contributed by atoms with Gasteiger partial charge in [-0.2, -0.15) is 0 Å². The highest BCUT2D eigenvalue weighted by molar-refractivity contribution is 5.95. The van der Waals surface area contributed by atoms with E-state index in [-0.39, 0.29) is 5.56 Å². The van der Waals surface area contributed by atoms with Gasteiger partial charge in [-0.3, -0.25) is 0 Å². The van der Waals surface area contributed by atoms with E-state index in [0.29, 0.717) is 17.9 Å². The molecule has 0 aliphatic heterocycles. The molecule has 2 rings (SSSR count). The first-order chi connectivity index (χ1) is 10.1. The van der Waals surface area contributed by atoms with Crippen LogP contribution in [-0.4, -0.2) is 24.7 Å². The van der Waals surface area contributed by atoms with Crippen molar-refractivity contribution >= 4 is 17.3 Å². The second-order valence-electron chi connectivity index (χ2n) is 4.64. The Hall–Kier alpha value is -2.69. The van der Waals surface area contributed by atoms with Crippen LogP contribution in [0.1, 0.15) is 15.9 Å². The van der Waals surface area contributed by atoms with Gasteiger partial charge in [0.15, 0.2) is 0 Å². The fourth-order valence-corrected chi connectivity index (χ4v) is 2.03. The lowest BCUT2D eigenvalue weighted by atomic mass is 10.1. The quantitative estimate of drug-likeness (QED) is 0.711. The summed E-state index contributed by atoms with van der Waals surface area (Å²) in [4.78, 5) is 11.1. The number of nitrogens with two attached hydrogens (primary N) is 1. The highest BCUT2D eigenvalue weighted by atomic mass is 16.5. The zero-order chi connectivity index (χ0) is 15.2. The molecule has 0 fully saturated rings. The molecule has 0 aliphatic carbocycles. The number of carbonyl (C=O) groups is 1. The van der Waals surface area contributed by atoms with Crippen molar-refractivity contribution in [2.45, 2.75) is 6.42 Å². The van der Waals surface area contributed by atoms with Gasteiger partial charge in [0.05, 0.1) is 18.4 Å². The predicted molar refractivity (Wildman–Crippen MR) is 83.0 cm³/mol. The lowest BCUT2D eigenvalue weighted by Crippen LogP contribution is -2.10. The van der Waals surface area contributed by atoms with Gasteiger partial charge in [0, 0.05) is 12.2 Å². The van der Waals surface area contributed by atoms with Crippen LogP contribution in [-0.2, 0) is 6.42 Å². The van der Waals surface area contributed by atoms with Crippen molar-refractivity contribution in [1.82, 2.24) is 0 Å². The van der Waals surface area contributed by atoms with E-state index in [2.05, 4.69) is 5.32 Å². The van der Waals surface area contributed by atoms with E-state index in [9.17, 15) is 4.79 Å². The summed E-state index contributed by atoms with van der Waals surface area (Å²) >= 11 is 0. The van der Waals surface area contributed by atoms with Crippen LogP contribution in [0, 0.1) is 0 Å². The van der Waals surface area contributed by atoms with Gasteiger partial charge < -0.3 is 20.9 Å². The van der Waals surface area contributed by atoms with Gasteiger partial charge in [-0.15, -0.1) is 0 Å². The zero-order valence-electron chi connectivity index (χ0n) is 11.8. The van der Waals surface area contributed by atoms with E-state index in [4.69, 9.17) is 15.6 Å². The number of benzene rings is 2. The molecule has 0 aromatic heterocycles. The van der Waals surface area contributed by atoms with Crippen molar-refractivity contribution in [3.05, 3.63) is 53.6 Å². The fourth-order valence-electron chi connectivity index (χ4n) is 2.03. The van der Waals surface area contributed by atoms with Gasteiger partial charge in [-0.25, -0.2) is 4.79 Å². The molecule has 110 valence electrons. The molecular weight excluding hydrogens is 268 g/mol. The van der Waals surface area contributed by atoms with E-state index in [1.165, 1.54) is 6.07 Å². The largest absolute Gasteiger partial charge is 0.497 e. The number of hydrogen-bond donors (Lipinski definition) is 3. The second kappa shape index (κ2) is 6.65. The Morgan fingerprint density at radius 3 is 2.57 bits per heavy atom. The van der Waals surface area contributed by atoms with E-state index in [1.54, 1.807) is 19.2 Å². The monoisotopic (exact) mass is 286 g/mol. The maximum atomic E-state index is 11.1. The molecule has 0 heterocycles. The van der Waals surface area contributed by atoms with Gasteiger partial charge >= 0.3 is 5.97 Å². The number of aromatic carboxylic acids is 1. The van der Waals surface area contributed by atoms with Crippen LogP contribution >= 0.6 is 0 Å². The van der Waals surface area contributed by atoms with E-state index < -0.39 is 5.97 Å². The topological polar surface area (TPSA) is 84.6 Å². The van der Waals surface area contributed by atoms with E-state index >= 15 is 0 Å². The Bertz CT molecular complexity index is 624. The minimum Gasteiger partial charge on any atom is -0.497 e. The summed E-state index contributed by atoms with van der Waals surface area (Å²) in [6.45, 7) is 0.621. The number of hydrogen-bond acceptors (Lipinski definition) is 4. The van der Waals surface area contributed by atoms with Crippen LogP contribution < -0.4 is 15.8 Å². The Morgan fingerprint density at radius 2 is 1.95 bits per heavy atom. The van der Waals surface area contributed by atoms with Crippen molar-refractivity contribution in [3.8, 4) is 5.75 Å². The number of carboxylic acid groups (broad SMARTS) is 1. The zero-order valence-corrected chi connectivity index (χ0v) is 11.8. The first kappa shape index (κ1) is 14.7. The van der Waals surface area contributed by atoms with Gasteiger partial charge in [0.2, 0.25) is 0 Å². The summed E-state index contributed by atoms with van der Waals surface area (Å²) in [6, 6.07) is 12.5. The van der Waals surface area contributed by atoms with E-state index in [0.717, 1.165) is 17.7 Å². The summed E-state index contributed by atoms with van der Waals surface area (Å²) < 4.78 is 5.10. The Morgan fingerprint density at radius 1 is 1.24 bits per heavy atom. The predicted octanol–water partition coefficient (Wildman–Crippen LogP) is 2.63. The number of carboxylic acids is 1. The number of anilines is 2. The molecule has 2 aromatic rings. The lowest BCUT2D eigenvalue weighted by molar-refractivity contribution is 0.0698. The summed E-state index contributed by atoms with van der Waals surface area (Å²) in [7, 11) is 1.63. The maximum absolute atomic E-state index is 11.1. The Balaban J connectivity index is 1.99. The molecule has 0 spiro atoms. The molecular formula is C16H18N2O3. The summed E-state index contributed by atoms with van der Waals surface area (Å²) in [5.74, 6) is -0.155. The molecule has 0 atom stereocenters. The molecule has 5 heteroatoms. The molecule has 0 unspecified atom stereocenters. The van der Waals surface area contributed by atoms with Gasteiger partial charge in [-0.1, -0.05) is 12.1 Å². The second-order valence-corrected chi connectivity index (χ2v) is 4.64. The minimum atomic E-state index is -0.970. The number of methoxy groups -OCH3 is 1. The molecule has 0 aliphatic rings. The van der Waals surface area contributed by atoms with Crippen molar-refractivity contribution < 1.29 is 14.6 Å². The number of nitrogens with one attached hydrogen (secondary N) is 1. The van der Waals surface area contributed by atoms with Crippen LogP contribution in [0.15, 0.2) is 42.5 Å². The van der Waals surface area contributed by atoms with Crippen LogP contribution in [0.4, 0.5) is 11.4 Å². The standard InChI is InChI=1S/C16H18N2O3/c1-21-13-5-2-11(3-6-13)8-9-18-15-10-12(17)4-7-14(15)16(19)20/h2-7,10,18H,8-9,17H2,1H3,(H,19,20). The van der Waals surface area contributed by atoms with Crippen molar-refractivity contribution in [3.63, 3.8) is 0 Å². The smallest absolute Gasteiger partial charge is 0.337 e. The highest BCUT2D eigenvalue weighted by Crippen LogP contribution is 2.19. The van der Waals surface area contributed by atoms with Crippen LogP contribution in [0.2, 0.25) is 0 Å². The molecule has 21 heavy (non-hydrogen) atoms. The Labute approximate surface area is 123 Å². The van der Waals surface area contributed by atoms with Gasteiger partial charge in [0.1, 0.15) is 5.75 Å². The molecule has 0 radical (unpaired) electrons. The van der Waals surface area contributed by atoms with Crippen molar-refractivity contribution in [2.75, 3.05) is 24.7 Å². The molecule has 5 nitrogen and oxygen atoms in total. The summed E-state index contributed by atoms with van der Waals surface area (Å²) in [6.07, 6.45) is 0.776. The van der Waals surface area contributed by atoms with Crippen LogP contribution in [0.5, 0.6) is 5.75 Å². The summed E-state index contributed by atoms with van der Waals surface area (Å²) in [5, 5.41) is 12.3. The van der Waals surface area contributed by atoms with Crippen molar-refractivity contribution in [1.29, 1.82) is 0 Å². The number of ether oxygens (including phenoxy) is 1. The average Bonchev–Trinajstić information content (AvgIpc) is 2.48. The molecule has 0 saturated carbocycles. The van der Waals surface area contributed by atoms with Gasteiger partial charge in [0.25, 0.3) is 0 Å². The third-order valence-corrected chi connectivity index (χ3v) is 3.16.